The van der Waals surface area contributed by atoms with Crippen LogP contribution in [0.25, 0.3) is 0 Å². The number of piperazine rings is 1. The maximum atomic E-state index is 12.0. The Labute approximate surface area is 158 Å². The summed E-state index contributed by atoms with van der Waals surface area (Å²) in [6, 6.07) is 11.0. The molecule has 27 heavy (non-hydrogen) atoms. The predicted octanol–water partition coefficient (Wildman–Crippen LogP) is 1.47. The van der Waals surface area contributed by atoms with E-state index >= 15 is 0 Å². The number of ether oxygens (including phenoxy) is 1. The topological polar surface area (TPSA) is 87.7 Å². The van der Waals surface area contributed by atoms with E-state index in [0.717, 1.165) is 11.4 Å². The fourth-order valence-corrected chi connectivity index (χ4v) is 2.77. The van der Waals surface area contributed by atoms with Crippen LogP contribution in [-0.4, -0.2) is 59.7 Å². The highest BCUT2D eigenvalue weighted by Crippen LogP contribution is 2.15. The lowest BCUT2D eigenvalue weighted by atomic mass is 10.2. The van der Waals surface area contributed by atoms with Gasteiger partial charge in [-0.1, -0.05) is 17.7 Å². The van der Waals surface area contributed by atoms with Crippen LogP contribution in [0.3, 0.4) is 0 Å². The monoisotopic (exact) mass is 369 g/mol. The third-order valence-electron chi connectivity index (χ3n) is 4.36. The van der Waals surface area contributed by atoms with E-state index in [1.54, 1.807) is 13.0 Å². The van der Waals surface area contributed by atoms with Crippen molar-refractivity contribution in [2.24, 2.45) is 0 Å². The third kappa shape index (κ3) is 5.16. The number of anilines is 2. The van der Waals surface area contributed by atoms with E-state index in [1.165, 1.54) is 0 Å². The highest BCUT2D eigenvalue weighted by molar-refractivity contribution is 5.90. The Morgan fingerprint density at radius 2 is 1.74 bits per heavy atom. The van der Waals surface area contributed by atoms with Crippen molar-refractivity contribution in [2.45, 2.75) is 13.8 Å². The summed E-state index contributed by atoms with van der Waals surface area (Å²) in [5, 5.41) is 10.9. The molecule has 1 fully saturated rings. The van der Waals surface area contributed by atoms with Crippen LogP contribution in [0.2, 0.25) is 0 Å². The Hall–Kier alpha value is -3.16. The molecule has 1 aliphatic rings. The van der Waals surface area contributed by atoms with Gasteiger partial charge in [0.15, 0.2) is 18.2 Å². The van der Waals surface area contributed by atoms with E-state index in [1.807, 2.05) is 42.2 Å². The molecule has 0 aliphatic carbocycles. The number of carbonyl (C=O) groups is 2. The van der Waals surface area contributed by atoms with Crippen molar-refractivity contribution >= 4 is 23.5 Å². The van der Waals surface area contributed by atoms with Gasteiger partial charge < -0.3 is 19.9 Å². The molecule has 0 atom stereocenters. The SMILES string of the molecule is CC(=O)N1CCN(c2ccc(NC(=O)COc3ccc(C)cc3)nn2)CC1. The zero-order valence-electron chi connectivity index (χ0n) is 15.5. The number of hydrogen-bond acceptors (Lipinski definition) is 6. The number of amides is 2. The van der Waals surface area contributed by atoms with Crippen LogP contribution < -0.4 is 15.0 Å². The summed E-state index contributed by atoms with van der Waals surface area (Å²) < 4.78 is 5.44. The normalized spacial score (nSPS) is 14.0. The largest absolute Gasteiger partial charge is 0.484 e. The van der Waals surface area contributed by atoms with Crippen molar-refractivity contribution < 1.29 is 14.3 Å². The number of carbonyl (C=O) groups excluding carboxylic acids is 2. The first kappa shape index (κ1) is 18.6. The summed E-state index contributed by atoms with van der Waals surface area (Å²) >= 11 is 0. The second kappa shape index (κ2) is 8.48. The lowest BCUT2D eigenvalue weighted by molar-refractivity contribution is -0.129. The average molecular weight is 369 g/mol. The van der Waals surface area contributed by atoms with E-state index in [2.05, 4.69) is 20.4 Å². The van der Waals surface area contributed by atoms with Crippen molar-refractivity contribution in [1.29, 1.82) is 0 Å². The van der Waals surface area contributed by atoms with Gasteiger partial charge in [0.2, 0.25) is 5.91 Å². The minimum atomic E-state index is -0.298. The molecule has 8 heteroatoms. The second-order valence-corrected chi connectivity index (χ2v) is 6.42. The number of hydrogen-bond donors (Lipinski definition) is 1. The van der Waals surface area contributed by atoms with Crippen molar-refractivity contribution in [3.63, 3.8) is 0 Å². The van der Waals surface area contributed by atoms with Crippen LogP contribution in [0.5, 0.6) is 5.75 Å². The number of nitrogens with one attached hydrogen (secondary N) is 1. The van der Waals surface area contributed by atoms with E-state index in [9.17, 15) is 9.59 Å². The first-order valence-corrected chi connectivity index (χ1v) is 8.85. The van der Waals surface area contributed by atoms with Gasteiger partial charge in [0, 0.05) is 33.1 Å². The minimum absolute atomic E-state index is 0.0895. The number of rotatable bonds is 5. The molecular formula is C19H23N5O3. The summed E-state index contributed by atoms with van der Waals surface area (Å²) in [5.74, 6) is 1.53. The first-order chi connectivity index (χ1) is 13.0. The van der Waals surface area contributed by atoms with Gasteiger partial charge >= 0.3 is 0 Å². The maximum Gasteiger partial charge on any atom is 0.263 e. The lowest BCUT2D eigenvalue weighted by Crippen LogP contribution is -2.48. The van der Waals surface area contributed by atoms with Gasteiger partial charge in [0.05, 0.1) is 0 Å². The lowest BCUT2D eigenvalue weighted by Gasteiger charge is -2.34. The maximum absolute atomic E-state index is 12.0. The van der Waals surface area contributed by atoms with Crippen LogP contribution in [-0.2, 0) is 9.59 Å². The molecule has 2 heterocycles. The summed E-state index contributed by atoms with van der Waals surface area (Å²) in [6.45, 7) is 6.24. The van der Waals surface area contributed by atoms with Gasteiger partial charge in [-0.05, 0) is 31.2 Å². The molecule has 2 amide bonds. The van der Waals surface area contributed by atoms with Crippen LogP contribution in [0.1, 0.15) is 12.5 Å². The molecule has 142 valence electrons. The zero-order valence-corrected chi connectivity index (χ0v) is 15.5. The van der Waals surface area contributed by atoms with Crippen molar-refractivity contribution in [3.8, 4) is 5.75 Å². The molecule has 3 rings (SSSR count). The van der Waals surface area contributed by atoms with Gasteiger partial charge in [-0.25, -0.2) is 0 Å². The Kier molecular flexibility index (Phi) is 5.85. The Balaban J connectivity index is 1.48. The molecular weight excluding hydrogens is 346 g/mol. The number of aromatic nitrogens is 2. The smallest absolute Gasteiger partial charge is 0.263 e. The summed E-state index contributed by atoms with van der Waals surface area (Å²) in [6.07, 6.45) is 0. The average Bonchev–Trinajstić information content (AvgIpc) is 2.68. The van der Waals surface area contributed by atoms with Gasteiger partial charge in [-0.15, -0.1) is 10.2 Å². The second-order valence-electron chi connectivity index (χ2n) is 6.42. The third-order valence-corrected chi connectivity index (χ3v) is 4.36. The number of aryl methyl sites for hydroxylation is 1. The van der Waals surface area contributed by atoms with E-state index in [0.29, 0.717) is 37.7 Å². The zero-order chi connectivity index (χ0) is 19.2. The highest BCUT2D eigenvalue weighted by atomic mass is 16.5. The van der Waals surface area contributed by atoms with Crippen molar-refractivity contribution in [3.05, 3.63) is 42.0 Å². The quantitative estimate of drug-likeness (QED) is 0.859. The molecule has 1 aromatic carbocycles. The van der Waals surface area contributed by atoms with Gasteiger partial charge in [-0.3, -0.25) is 9.59 Å². The highest BCUT2D eigenvalue weighted by Gasteiger charge is 2.19. The molecule has 1 N–H and O–H groups in total. The van der Waals surface area contributed by atoms with Gasteiger partial charge in [-0.2, -0.15) is 0 Å². The summed E-state index contributed by atoms with van der Waals surface area (Å²) in [4.78, 5) is 27.2. The van der Waals surface area contributed by atoms with Gasteiger partial charge in [0.25, 0.3) is 5.91 Å². The molecule has 8 nitrogen and oxygen atoms in total. The fraction of sp³-hybridized carbons (Fsp3) is 0.368. The molecule has 0 saturated carbocycles. The molecule has 2 aromatic rings. The Morgan fingerprint density at radius 1 is 1.04 bits per heavy atom. The van der Waals surface area contributed by atoms with Gasteiger partial charge in [0.1, 0.15) is 5.75 Å². The number of benzene rings is 1. The van der Waals surface area contributed by atoms with Crippen LogP contribution in [0, 0.1) is 6.92 Å². The van der Waals surface area contributed by atoms with Crippen molar-refractivity contribution in [2.75, 3.05) is 43.0 Å². The van der Waals surface area contributed by atoms with Crippen molar-refractivity contribution in [1.82, 2.24) is 15.1 Å². The van der Waals surface area contributed by atoms with Crippen LogP contribution in [0.4, 0.5) is 11.6 Å². The van der Waals surface area contributed by atoms with E-state index in [4.69, 9.17) is 4.74 Å². The van der Waals surface area contributed by atoms with Crippen LogP contribution in [0.15, 0.2) is 36.4 Å². The predicted molar refractivity (Wildman–Crippen MR) is 102 cm³/mol. The number of nitrogens with zero attached hydrogens (tertiary/aromatic N) is 4. The molecule has 0 bridgehead atoms. The molecule has 0 unspecified atom stereocenters. The Morgan fingerprint density at radius 3 is 2.33 bits per heavy atom. The first-order valence-electron chi connectivity index (χ1n) is 8.85. The standard InChI is InChI=1S/C19H23N5O3/c1-14-3-5-16(6-4-14)27-13-19(26)20-17-7-8-18(22-21-17)24-11-9-23(10-12-24)15(2)25/h3-8H,9-13H2,1-2H3,(H,20,21,26). The Bertz CT molecular complexity index is 784. The summed E-state index contributed by atoms with van der Waals surface area (Å²) in [7, 11) is 0. The van der Waals surface area contributed by atoms with E-state index < -0.39 is 0 Å². The molecule has 1 saturated heterocycles. The fourth-order valence-electron chi connectivity index (χ4n) is 2.77. The van der Waals surface area contributed by atoms with Crippen LogP contribution >= 0.6 is 0 Å². The molecule has 1 aromatic heterocycles. The van der Waals surface area contributed by atoms with E-state index in [-0.39, 0.29) is 18.4 Å². The molecule has 0 radical (unpaired) electrons. The molecule has 1 aliphatic heterocycles. The molecule has 0 spiro atoms. The summed E-state index contributed by atoms with van der Waals surface area (Å²) in [5.41, 5.74) is 1.13. The minimum Gasteiger partial charge on any atom is -0.484 e.